The lowest BCUT2D eigenvalue weighted by molar-refractivity contribution is 0.127. The summed E-state index contributed by atoms with van der Waals surface area (Å²) in [5.41, 5.74) is 1.54. The molecular formula is C18H26ClNO2S. The molecule has 3 rings (SSSR count). The predicted molar refractivity (Wildman–Crippen MR) is 94.3 cm³/mol. The largest absolute Gasteiger partial charge is 0.241 e. The molecule has 0 heterocycles. The van der Waals surface area contributed by atoms with E-state index >= 15 is 0 Å². The monoisotopic (exact) mass is 355 g/mol. The first-order valence-electron chi connectivity index (χ1n) is 8.26. The summed E-state index contributed by atoms with van der Waals surface area (Å²) in [5, 5.41) is 0.605. The Balaban J connectivity index is 1.98. The topological polar surface area (TPSA) is 46.2 Å². The van der Waals surface area contributed by atoms with E-state index in [0.717, 1.165) is 18.4 Å². The second kappa shape index (κ2) is 5.21. The molecule has 128 valence electrons. The van der Waals surface area contributed by atoms with Crippen molar-refractivity contribution >= 4 is 21.6 Å². The lowest BCUT2D eigenvalue weighted by Gasteiger charge is -2.42. The third-order valence-electron chi connectivity index (χ3n) is 6.29. The third-order valence-corrected chi connectivity index (χ3v) is 8.26. The van der Waals surface area contributed by atoms with Gasteiger partial charge in [0.2, 0.25) is 10.0 Å². The molecule has 0 unspecified atom stereocenters. The SMILES string of the molecule is Cc1cc(S(=O)(=O)N[C@@H]2C(C)(C)[C@H]3CC[C@]2(C)C3)c(C)cc1Cl. The molecule has 2 bridgehead atoms. The van der Waals surface area contributed by atoms with Crippen LogP contribution in [0.4, 0.5) is 0 Å². The van der Waals surface area contributed by atoms with Crippen LogP contribution in [0.1, 0.15) is 51.2 Å². The summed E-state index contributed by atoms with van der Waals surface area (Å²) >= 11 is 6.11. The van der Waals surface area contributed by atoms with Crippen molar-refractivity contribution in [1.82, 2.24) is 4.72 Å². The van der Waals surface area contributed by atoms with Gasteiger partial charge in [-0.25, -0.2) is 13.1 Å². The Morgan fingerprint density at radius 2 is 1.83 bits per heavy atom. The van der Waals surface area contributed by atoms with Gasteiger partial charge >= 0.3 is 0 Å². The lowest BCUT2D eigenvalue weighted by Crippen LogP contribution is -2.52. The molecule has 0 radical (unpaired) electrons. The predicted octanol–water partition coefficient (Wildman–Crippen LogP) is 4.45. The van der Waals surface area contributed by atoms with E-state index in [0.29, 0.717) is 21.4 Å². The first-order chi connectivity index (χ1) is 10.5. The van der Waals surface area contributed by atoms with Crippen LogP contribution < -0.4 is 4.72 Å². The molecule has 1 aromatic carbocycles. The molecule has 2 saturated carbocycles. The molecule has 0 saturated heterocycles. The summed E-state index contributed by atoms with van der Waals surface area (Å²) in [7, 11) is -3.55. The highest BCUT2D eigenvalue weighted by molar-refractivity contribution is 7.89. The zero-order valence-corrected chi connectivity index (χ0v) is 16.1. The summed E-state index contributed by atoms with van der Waals surface area (Å²) in [6, 6.07) is 3.40. The number of hydrogen-bond acceptors (Lipinski definition) is 2. The maximum atomic E-state index is 13.0. The van der Waals surface area contributed by atoms with Gasteiger partial charge in [-0.15, -0.1) is 0 Å². The molecule has 3 nitrogen and oxygen atoms in total. The van der Waals surface area contributed by atoms with E-state index in [4.69, 9.17) is 11.6 Å². The summed E-state index contributed by atoms with van der Waals surface area (Å²) in [6.07, 6.45) is 3.43. The van der Waals surface area contributed by atoms with Crippen molar-refractivity contribution in [1.29, 1.82) is 0 Å². The van der Waals surface area contributed by atoms with Crippen molar-refractivity contribution in [3.05, 3.63) is 28.3 Å². The van der Waals surface area contributed by atoms with Crippen LogP contribution in [-0.2, 0) is 10.0 Å². The Morgan fingerprint density at radius 3 is 2.39 bits per heavy atom. The number of aryl methyl sites for hydroxylation is 2. The van der Waals surface area contributed by atoms with Gasteiger partial charge in [0, 0.05) is 11.1 Å². The highest BCUT2D eigenvalue weighted by atomic mass is 35.5. The van der Waals surface area contributed by atoms with Crippen molar-refractivity contribution in [3.63, 3.8) is 0 Å². The van der Waals surface area contributed by atoms with Gasteiger partial charge in [0.05, 0.1) is 4.90 Å². The number of halogens is 1. The number of rotatable bonds is 3. The Labute approximate surface area is 144 Å². The van der Waals surface area contributed by atoms with Gasteiger partial charge in [0.15, 0.2) is 0 Å². The molecule has 5 heteroatoms. The number of benzene rings is 1. The molecule has 0 amide bonds. The third kappa shape index (κ3) is 2.63. The standard InChI is InChI=1S/C18H26ClNO2S/c1-11-9-15(12(2)8-14(11)19)23(21,22)20-16-17(3,4)13-6-7-18(16,5)10-13/h8-9,13,16,20H,6-7,10H2,1-5H3/t13-,16+,18+/m0/s1. The smallest absolute Gasteiger partial charge is 0.207 e. The highest BCUT2D eigenvalue weighted by Crippen LogP contribution is 2.62. The summed E-state index contributed by atoms with van der Waals surface area (Å²) in [6.45, 7) is 10.3. The normalized spacial score (nSPS) is 32.4. The van der Waals surface area contributed by atoms with E-state index in [-0.39, 0.29) is 16.9 Å². The molecule has 23 heavy (non-hydrogen) atoms. The van der Waals surface area contributed by atoms with Gasteiger partial charge in [-0.05, 0) is 73.1 Å². The van der Waals surface area contributed by atoms with Crippen LogP contribution >= 0.6 is 11.6 Å². The molecule has 1 N–H and O–H groups in total. The van der Waals surface area contributed by atoms with E-state index in [2.05, 4.69) is 25.5 Å². The van der Waals surface area contributed by atoms with Crippen molar-refractivity contribution in [3.8, 4) is 0 Å². The average molecular weight is 356 g/mol. The van der Waals surface area contributed by atoms with Crippen LogP contribution in [0.15, 0.2) is 17.0 Å². The zero-order valence-electron chi connectivity index (χ0n) is 14.5. The minimum Gasteiger partial charge on any atom is -0.207 e. The van der Waals surface area contributed by atoms with Crippen molar-refractivity contribution < 1.29 is 8.42 Å². The maximum Gasteiger partial charge on any atom is 0.241 e. The Bertz CT molecular complexity index is 752. The van der Waals surface area contributed by atoms with Crippen LogP contribution in [0.25, 0.3) is 0 Å². The number of sulfonamides is 1. The molecule has 2 aliphatic carbocycles. The fourth-order valence-electron chi connectivity index (χ4n) is 4.86. The van der Waals surface area contributed by atoms with Gasteiger partial charge in [-0.1, -0.05) is 32.4 Å². The molecular weight excluding hydrogens is 330 g/mol. The number of hydrogen-bond donors (Lipinski definition) is 1. The summed E-state index contributed by atoms with van der Waals surface area (Å²) in [4.78, 5) is 0.349. The maximum absolute atomic E-state index is 13.0. The van der Waals surface area contributed by atoms with E-state index < -0.39 is 10.0 Å². The van der Waals surface area contributed by atoms with E-state index in [1.807, 2.05) is 6.92 Å². The number of fused-ring (bicyclic) bond motifs is 2. The highest BCUT2D eigenvalue weighted by Gasteiger charge is 2.60. The van der Waals surface area contributed by atoms with E-state index in [1.165, 1.54) is 6.42 Å². The van der Waals surface area contributed by atoms with Crippen LogP contribution in [-0.4, -0.2) is 14.5 Å². The van der Waals surface area contributed by atoms with Crippen LogP contribution in [0.5, 0.6) is 0 Å². The average Bonchev–Trinajstić information content (AvgIpc) is 2.90. The fraction of sp³-hybridized carbons (Fsp3) is 0.667. The lowest BCUT2D eigenvalue weighted by atomic mass is 9.69. The molecule has 2 fully saturated rings. The Kier molecular flexibility index (Phi) is 3.90. The van der Waals surface area contributed by atoms with Gasteiger partial charge in [-0.2, -0.15) is 0 Å². The Morgan fingerprint density at radius 1 is 1.17 bits per heavy atom. The molecule has 0 aromatic heterocycles. The first-order valence-corrected chi connectivity index (χ1v) is 10.1. The van der Waals surface area contributed by atoms with Crippen LogP contribution in [0.3, 0.4) is 0 Å². The second-order valence-electron chi connectivity index (χ2n) is 8.34. The van der Waals surface area contributed by atoms with Crippen molar-refractivity contribution in [2.75, 3.05) is 0 Å². The first kappa shape index (κ1) is 17.2. The summed E-state index contributed by atoms with van der Waals surface area (Å²) < 4.78 is 29.1. The molecule has 2 aliphatic rings. The van der Waals surface area contributed by atoms with Gasteiger partial charge in [0.25, 0.3) is 0 Å². The molecule has 0 aliphatic heterocycles. The van der Waals surface area contributed by atoms with Crippen LogP contribution in [0, 0.1) is 30.6 Å². The molecule has 1 aromatic rings. The minimum atomic E-state index is -3.55. The zero-order chi connectivity index (χ0) is 17.2. The van der Waals surface area contributed by atoms with Gasteiger partial charge in [0.1, 0.15) is 0 Å². The minimum absolute atomic E-state index is 0.00452. The van der Waals surface area contributed by atoms with Gasteiger partial charge < -0.3 is 0 Å². The van der Waals surface area contributed by atoms with Crippen molar-refractivity contribution in [2.24, 2.45) is 16.7 Å². The van der Waals surface area contributed by atoms with Crippen LogP contribution in [0.2, 0.25) is 5.02 Å². The van der Waals surface area contributed by atoms with E-state index in [1.54, 1.807) is 19.1 Å². The van der Waals surface area contributed by atoms with E-state index in [9.17, 15) is 8.42 Å². The second-order valence-corrected chi connectivity index (χ2v) is 10.4. The number of nitrogens with one attached hydrogen (secondary N) is 1. The molecule has 3 atom stereocenters. The summed E-state index contributed by atoms with van der Waals surface area (Å²) in [5.74, 6) is 0.605. The van der Waals surface area contributed by atoms with Crippen molar-refractivity contribution in [2.45, 2.75) is 64.8 Å². The fourth-order valence-corrected chi connectivity index (χ4v) is 6.92. The Hall–Kier alpha value is -0.580. The quantitative estimate of drug-likeness (QED) is 0.870. The molecule has 0 spiro atoms. The van der Waals surface area contributed by atoms with Gasteiger partial charge in [-0.3, -0.25) is 0 Å².